The number of aliphatic hydroxyl groups excluding tert-OH is 1. The summed E-state index contributed by atoms with van der Waals surface area (Å²) in [5, 5.41) is 9.31. The molecule has 0 aromatic heterocycles. The van der Waals surface area contributed by atoms with E-state index in [-0.39, 0.29) is 18.6 Å². The summed E-state index contributed by atoms with van der Waals surface area (Å²) >= 11 is 0. The minimum atomic E-state index is -0.217. The largest absolute Gasteiger partial charge is 0.466 e. The Hall–Kier alpha value is -1.65. The zero-order chi connectivity index (χ0) is 15.7. The number of nitrogens with zero attached hydrogens (tertiary/aromatic N) is 1. The predicted octanol–water partition coefficient (Wildman–Crippen LogP) is 2.01. The van der Waals surface area contributed by atoms with Gasteiger partial charge in [-0.3, -0.25) is 4.90 Å². The quantitative estimate of drug-likeness (QED) is 0.864. The molecule has 1 saturated heterocycles. The molecule has 4 heteroatoms. The molecule has 2 aliphatic heterocycles. The monoisotopic (exact) mass is 301 g/mol. The SMILES string of the molecule is COC(=O)C1=C(c2ccccc2CCO)C[C@@H]2CC[C@H]1N2C. The highest BCUT2D eigenvalue weighted by molar-refractivity contribution is 6.00. The number of fused-ring (bicyclic) bond motifs is 2. The molecule has 4 nitrogen and oxygen atoms in total. The molecule has 1 fully saturated rings. The topological polar surface area (TPSA) is 49.8 Å². The van der Waals surface area contributed by atoms with Crippen molar-refractivity contribution in [1.29, 1.82) is 0 Å². The highest BCUT2D eigenvalue weighted by atomic mass is 16.5. The minimum absolute atomic E-state index is 0.116. The molecule has 1 aromatic rings. The van der Waals surface area contributed by atoms with E-state index in [1.807, 2.05) is 18.2 Å². The lowest BCUT2D eigenvalue weighted by Gasteiger charge is -2.34. The maximum absolute atomic E-state index is 12.4. The third-order valence-electron chi connectivity index (χ3n) is 5.07. The van der Waals surface area contributed by atoms with Gasteiger partial charge in [0.25, 0.3) is 0 Å². The summed E-state index contributed by atoms with van der Waals surface area (Å²) in [4.78, 5) is 14.7. The maximum Gasteiger partial charge on any atom is 0.335 e. The maximum atomic E-state index is 12.4. The second-order valence-corrected chi connectivity index (χ2v) is 6.13. The number of aliphatic hydroxyl groups is 1. The van der Waals surface area contributed by atoms with Crippen molar-refractivity contribution in [2.24, 2.45) is 0 Å². The summed E-state index contributed by atoms with van der Waals surface area (Å²) in [5.74, 6) is -0.217. The molecule has 2 heterocycles. The molecule has 1 aromatic carbocycles. The molecule has 0 saturated carbocycles. The predicted molar refractivity (Wildman–Crippen MR) is 85.4 cm³/mol. The van der Waals surface area contributed by atoms with Crippen molar-refractivity contribution in [3.8, 4) is 0 Å². The Balaban J connectivity index is 2.13. The Morgan fingerprint density at radius 2 is 2.14 bits per heavy atom. The molecule has 3 rings (SSSR count). The number of methoxy groups -OCH3 is 1. The van der Waals surface area contributed by atoms with Crippen LogP contribution in [0.2, 0.25) is 0 Å². The molecule has 22 heavy (non-hydrogen) atoms. The first-order valence-electron chi connectivity index (χ1n) is 7.89. The fourth-order valence-corrected chi connectivity index (χ4v) is 3.93. The van der Waals surface area contributed by atoms with Crippen molar-refractivity contribution in [2.45, 2.75) is 37.8 Å². The van der Waals surface area contributed by atoms with Gasteiger partial charge in [-0.15, -0.1) is 0 Å². The van der Waals surface area contributed by atoms with Gasteiger partial charge in [-0.1, -0.05) is 24.3 Å². The van der Waals surface area contributed by atoms with Gasteiger partial charge in [-0.05, 0) is 49.4 Å². The summed E-state index contributed by atoms with van der Waals surface area (Å²) in [6, 6.07) is 8.73. The van der Waals surface area contributed by atoms with Crippen LogP contribution in [0.25, 0.3) is 5.57 Å². The van der Waals surface area contributed by atoms with Crippen LogP contribution in [0.15, 0.2) is 29.8 Å². The van der Waals surface area contributed by atoms with Crippen molar-refractivity contribution >= 4 is 11.5 Å². The van der Waals surface area contributed by atoms with Crippen molar-refractivity contribution in [3.05, 3.63) is 41.0 Å². The van der Waals surface area contributed by atoms with Crippen LogP contribution in [0.5, 0.6) is 0 Å². The van der Waals surface area contributed by atoms with Gasteiger partial charge < -0.3 is 9.84 Å². The Morgan fingerprint density at radius 3 is 2.86 bits per heavy atom. The van der Waals surface area contributed by atoms with E-state index in [1.54, 1.807) is 0 Å². The Bertz CT molecular complexity index is 608. The van der Waals surface area contributed by atoms with E-state index < -0.39 is 0 Å². The molecule has 1 N–H and O–H groups in total. The number of hydrogen-bond donors (Lipinski definition) is 1. The number of carbonyl (C=O) groups excluding carboxylic acids is 1. The molecule has 0 radical (unpaired) electrons. The number of likely N-dealkylation sites (N-methyl/N-ethyl adjacent to an activating group) is 1. The lowest BCUT2D eigenvalue weighted by molar-refractivity contribution is -0.136. The Morgan fingerprint density at radius 1 is 1.36 bits per heavy atom. The summed E-state index contributed by atoms with van der Waals surface area (Å²) in [7, 11) is 3.55. The van der Waals surface area contributed by atoms with Gasteiger partial charge in [-0.25, -0.2) is 4.79 Å². The van der Waals surface area contributed by atoms with Crippen LogP contribution < -0.4 is 0 Å². The first-order valence-corrected chi connectivity index (χ1v) is 7.89. The summed E-state index contributed by atoms with van der Waals surface area (Å²) < 4.78 is 5.07. The zero-order valence-corrected chi connectivity index (χ0v) is 13.2. The lowest BCUT2D eigenvalue weighted by atomic mass is 9.86. The van der Waals surface area contributed by atoms with Gasteiger partial charge >= 0.3 is 5.97 Å². The number of carbonyl (C=O) groups is 1. The van der Waals surface area contributed by atoms with Crippen molar-refractivity contribution in [1.82, 2.24) is 4.90 Å². The van der Waals surface area contributed by atoms with E-state index in [9.17, 15) is 9.90 Å². The van der Waals surface area contributed by atoms with Gasteiger partial charge in [0.15, 0.2) is 0 Å². The highest BCUT2D eigenvalue weighted by Crippen LogP contribution is 2.43. The summed E-state index contributed by atoms with van der Waals surface area (Å²) in [6.07, 6.45) is 3.61. The van der Waals surface area contributed by atoms with Crippen LogP contribution in [0.4, 0.5) is 0 Å². The van der Waals surface area contributed by atoms with Crippen LogP contribution in [-0.2, 0) is 16.0 Å². The average Bonchev–Trinajstić information content (AvgIpc) is 2.77. The van der Waals surface area contributed by atoms with Crippen LogP contribution in [0.1, 0.15) is 30.4 Å². The fourth-order valence-electron chi connectivity index (χ4n) is 3.93. The highest BCUT2D eigenvalue weighted by Gasteiger charge is 2.42. The number of esters is 1. The molecular formula is C18H23NO3. The van der Waals surface area contributed by atoms with Gasteiger partial charge in [0, 0.05) is 18.7 Å². The Labute approximate surface area is 131 Å². The molecule has 0 aliphatic carbocycles. The second kappa shape index (κ2) is 6.23. The number of ether oxygens (including phenoxy) is 1. The van der Waals surface area contributed by atoms with Crippen molar-refractivity contribution in [2.75, 3.05) is 20.8 Å². The molecule has 2 bridgehead atoms. The molecule has 2 atom stereocenters. The standard InChI is InChI=1S/C18H23NO3/c1-19-13-7-8-16(19)17(18(21)22-2)15(11-13)14-6-4-3-5-12(14)9-10-20/h3-6,13,16,20H,7-11H2,1-2H3/t13-,16+/m0/s1. The van der Waals surface area contributed by atoms with Gasteiger partial charge in [0.1, 0.15) is 0 Å². The van der Waals surface area contributed by atoms with E-state index >= 15 is 0 Å². The average molecular weight is 301 g/mol. The molecular weight excluding hydrogens is 278 g/mol. The van der Waals surface area contributed by atoms with Crippen molar-refractivity contribution in [3.63, 3.8) is 0 Å². The Kier molecular flexibility index (Phi) is 4.32. The number of benzene rings is 1. The molecule has 118 valence electrons. The van der Waals surface area contributed by atoms with Crippen LogP contribution in [-0.4, -0.2) is 48.8 Å². The second-order valence-electron chi connectivity index (χ2n) is 6.13. The normalized spacial score (nSPS) is 24.7. The molecule has 0 spiro atoms. The van der Waals surface area contributed by atoms with E-state index in [0.717, 1.165) is 41.5 Å². The number of hydrogen-bond acceptors (Lipinski definition) is 4. The fraction of sp³-hybridized carbons (Fsp3) is 0.500. The molecule has 2 aliphatic rings. The molecule has 0 unspecified atom stereocenters. The first kappa shape index (κ1) is 15.3. The van der Waals surface area contributed by atoms with Crippen molar-refractivity contribution < 1.29 is 14.6 Å². The molecule has 0 amide bonds. The summed E-state index contributed by atoms with van der Waals surface area (Å²) in [5.41, 5.74) is 4.12. The van der Waals surface area contributed by atoms with Crippen LogP contribution in [0.3, 0.4) is 0 Å². The first-order chi connectivity index (χ1) is 10.7. The van der Waals surface area contributed by atoms with E-state index in [4.69, 9.17) is 4.74 Å². The third kappa shape index (κ3) is 2.46. The van der Waals surface area contributed by atoms with E-state index in [1.165, 1.54) is 7.11 Å². The van der Waals surface area contributed by atoms with E-state index in [2.05, 4.69) is 18.0 Å². The number of rotatable bonds is 4. The van der Waals surface area contributed by atoms with Gasteiger partial charge in [0.2, 0.25) is 0 Å². The minimum Gasteiger partial charge on any atom is -0.466 e. The van der Waals surface area contributed by atoms with Crippen LogP contribution in [0, 0.1) is 0 Å². The van der Waals surface area contributed by atoms with Gasteiger partial charge in [0.05, 0.1) is 12.7 Å². The smallest absolute Gasteiger partial charge is 0.335 e. The van der Waals surface area contributed by atoms with E-state index in [0.29, 0.717) is 12.5 Å². The van der Waals surface area contributed by atoms with Crippen LogP contribution >= 0.6 is 0 Å². The zero-order valence-electron chi connectivity index (χ0n) is 13.2. The summed E-state index contributed by atoms with van der Waals surface area (Å²) in [6.45, 7) is 0.116. The third-order valence-corrected chi connectivity index (χ3v) is 5.07. The van der Waals surface area contributed by atoms with Gasteiger partial charge in [-0.2, -0.15) is 0 Å². The lowest BCUT2D eigenvalue weighted by Crippen LogP contribution is -2.40.